The van der Waals surface area contributed by atoms with Crippen LogP contribution in [0.3, 0.4) is 0 Å². The predicted octanol–water partition coefficient (Wildman–Crippen LogP) is 11.0. The summed E-state index contributed by atoms with van der Waals surface area (Å²) in [5.41, 5.74) is 4.62. The van der Waals surface area contributed by atoms with Crippen LogP contribution in [0.15, 0.2) is 164 Å². The molecule has 1 aliphatic rings. The third-order valence-electron chi connectivity index (χ3n) is 13.1. The minimum atomic E-state index is -1.18. The van der Waals surface area contributed by atoms with Gasteiger partial charge in [-0.25, -0.2) is 28.8 Å². The summed E-state index contributed by atoms with van der Waals surface area (Å²) in [6.07, 6.45) is -1.70. The molecule has 6 aromatic rings. The number of esters is 4. The molecule has 0 unspecified atom stereocenters. The molecular weight excluding hydrogens is 1390 g/mol. The molecule has 0 aliphatic carbocycles. The number of amides is 3. The van der Waals surface area contributed by atoms with Gasteiger partial charge in [0.2, 0.25) is 0 Å². The van der Waals surface area contributed by atoms with Crippen molar-refractivity contribution in [3.63, 3.8) is 0 Å². The van der Waals surface area contributed by atoms with Crippen molar-refractivity contribution in [3.05, 3.63) is 197 Å². The van der Waals surface area contributed by atoms with E-state index in [0.29, 0.717) is 28.4 Å². The fourth-order valence-electron chi connectivity index (χ4n) is 8.19. The summed E-state index contributed by atoms with van der Waals surface area (Å²) in [5, 5.41) is 21.1. The SMILES string of the molecule is C.CC(=O)Oc1ccc(C[C@@H](C(=O)O)N(C)C(=O)OCc2ccccc2)cc1.CC(=O)Oc1ccc(C[C@H](NC(=O)OCc2ccccc2)C(=O)O)cc1.CC(=O)Oc1ccc(C[C@H]2C(=O)OCN2C(=O)OCc2ccccc2)cc1.CC[SiH](CC)CC.[InH2][I]. The van der Waals surface area contributed by atoms with E-state index in [4.69, 9.17) is 33.2 Å². The summed E-state index contributed by atoms with van der Waals surface area (Å²) in [4.78, 5) is 107. The van der Waals surface area contributed by atoms with Crippen molar-refractivity contribution in [1.29, 1.82) is 0 Å². The number of carbonyl (C=O) groups is 9. The van der Waals surface area contributed by atoms with E-state index in [9.17, 15) is 53.4 Å². The van der Waals surface area contributed by atoms with Gasteiger partial charge >= 0.3 is 92.5 Å². The Morgan fingerprint density at radius 2 is 0.944 bits per heavy atom. The van der Waals surface area contributed by atoms with Crippen LogP contribution in [0.4, 0.5) is 14.4 Å². The Bertz CT molecular complexity index is 3080. The standard InChI is InChI=1S/C20H19NO6.C20H21NO6.C19H19NO6.C6H16Si.CH4.HI.In.2H/c1-14(22)27-17-9-7-15(8-10-17)11-18-19(23)26-13-21(18)20(24)25-12-16-5-3-2-4-6-16;1-14(22)27-17-10-8-15(9-11-17)12-18(19(23)24)21(2)20(25)26-13-16-6-4-3-5-7-16;1-13(21)26-16-9-7-14(8-10-16)11-17(18(22)23)20-19(24)25-12-15-5-3-2-4-6-15;1-4-7(5-2)6-3;;;;;/h2-10,18H,11-13H2,1H3;3-11,18H,12-13H2,1-2H3,(H,23,24);2-10,17H,11-12H2,1H3,(H,20,24)(H,22,23);7H,4-6H2,1-3H3;1H4;1H;;;/q;;;;;;+1;;/p-1/t2*18-;17-;;;;;;/m000....../s1. The number of hydrogen-bond acceptors (Lipinski definition) is 16. The van der Waals surface area contributed by atoms with Crippen molar-refractivity contribution in [2.75, 3.05) is 13.8 Å². The Hall–Kier alpha value is -8.23. The number of aliphatic carboxylic acids is 2. The Kier molecular flexibility index (Phi) is 37.6. The van der Waals surface area contributed by atoms with Crippen molar-refractivity contribution in [2.45, 2.75) is 124 Å². The maximum absolute atomic E-state index is 12.4. The Labute approximate surface area is 551 Å². The molecule has 3 amide bonds. The van der Waals surface area contributed by atoms with Crippen molar-refractivity contribution in [2.24, 2.45) is 0 Å². The van der Waals surface area contributed by atoms with Gasteiger partial charge in [-0.05, 0) is 69.8 Å². The Morgan fingerprint density at radius 3 is 1.31 bits per heavy atom. The minimum absolute atomic E-state index is 0. The zero-order valence-electron chi connectivity index (χ0n) is 51.2. The van der Waals surface area contributed by atoms with Crippen LogP contribution < -0.4 is 19.5 Å². The van der Waals surface area contributed by atoms with Crippen molar-refractivity contribution in [1.82, 2.24) is 15.1 Å². The van der Waals surface area contributed by atoms with Crippen LogP contribution in [-0.2, 0) is 86.8 Å². The molecule has 0 saturated carbocycles. The van der Waals surface area contributed by atoms with Crippen LogP contribution in [0.25, 0.3) is 0 Å². The molecule has 0 bridgehead atoms. The van der Waals surface area contributed by atoms with Crippen molar-refractivity contribution >= 4 is 101 Å². The molecule has 90 heavy (non-hydrogen) atoms. The quantitative estimate of drug-likeness (QED) is 0.0187. The molecule has 6 aromatic carbocycles. The van der Waals surface area contributed by atoms with E-state index < -0.39 is 72.2 Å². The molecule has 0 radical (unpaired) electrons. The van der Waals surface area contributed by atoms with Gasteiger partial charge in [0.05, 0.1) is 0 Å². The van der Waals surface area contributed by atoms with Crippen LogP contribution in [0.2, 0.25) is 18.1 Å². The molecule has 0 aromatic heterocycles. The van der Waals surface area contributed by atoms with Crippen LogP contribution in [0, 0.1) is 0 Å². The number of halogens is 1. The average Bonchev–Trinajstić information content (AvgIpc) is 2.41. The van der Waals surface area contributed by atoms with Crippen molar-refractivity contribution < 1.29 is 86.5 Å². The maximum atomic E-state index is 12.4. The van der Waals surface area contributed by atoms with Gasteiger partial charge in [0.1, 0.15) is 55.2 Å². The Morgan fingerprint density at radius 1 is 0.567 bits per heavy atom. The normalized spacial score (nSPS) is 12.3. The summed E-state index contributed by atoms with van der Waals surface area (Å²) >= 11 is 3.28. The van der Waals surface area contributed by atoms with Gasteiger partial charge in [0, 0.05) is 55.9 Å². The zero-order valence-corrected chi connectivity index (χ0v) is 60.2. The zero-order chi connectivity index (χ0) is 65.7. The number of likely N-dealkylation sites (N-methyl/N-ethyl adjacent to an activating group) is 1. The van der Waals surface area contributed by atoms with E-state index in [-0.39, 0.29) is 62.0 Å². The fraction of sp³-hybridized carbons (Fsp3) is 0.318. The number of alkyl carbamates (subject to hydrolysis) is 1. The van der Waals surface area contributed by atoms with Crippen molar-refractivity contribution in [3.8, 4) is 17.2 Å². The van der Waals surface area contributed by atoms with Gasteiger partial charge in [-0.2, -0.15) is 0 Å². The number of carboxylic acid groups (broad SMARTS) is 2. The molecule has 1 fully saturated rings. The molecule has 7 rings (SSSR count). The summed E-state index contributed by atoms with van der Waals surface area (Å²) in [5.74, 6) is -2.93. The summed E-state index contributed by atoms with van der Waals surface area (Å²) in [7, 11) is 1.22. The first kappa shape index (κ1) is 77.9. The van der Waals surface area contributed by atoms with Crippen LogP contribution in [0.1, 0.15) is 82.3 Å². The molecule has 1 heterocycles. The van der Waals surface area contributed by atoms with Gasteiger partial charge in [-0.15, -0.1) is 0 Å². The first-order chi connectivity index (χ1) is 42.7. The van der Waals surface area contributed by atoms with E-state index in [0.717, 1.165) is 47.4 Å². The van der Waals surface area contributed by atoms with E-state index in [1.807, 2.05) is 78.9 Å². The monoisotopic (exact) mass is 1470 g/mol. The van der Waals surface area contributed by atoms with E-state index in [1.54, 1.807) is 84.9 Å². The molecule has 1 aliphatic heterocycles. The van der Waals surface area contributed by atoms with Gasteiger partial charge in [-0.1, -0.05) is 174 Å². The van der Waals surface area contributed by atoms with Crippen LogP contribution >= 0.6 is 18.1 Å². The Balaban J connectivity index is 0.000000428. The van der Waals surface area contributed by atoms with E-state index in [2.05, 4.69) is 44.2 Å². The summed E-state index contributed by atoms with van der Waals surface area (Å²) in [6, 6.07) is 48.5. The number of nitrogens with one attached hydrogen (secondary N) is 1. The second kappa shape index (κ2) is 43.4. The second-order valence-electron chi connectivity index (χ2n) is 19.6. The molecule has 3 atom stereocenters. The molecule has 3 N–H and O–H groups in total. The molecule has 24 heteroatoms. The summed E-state index contributed by atoms with van der Waals surface area (Å²) in [6.45, 7) is 11.0. The number of ether oxygens (including phenoxy) is 7. The number of carboxylic acids is 2. The molecule has 1 saturated heterocycles. The van der Waals surface area contributed by atoms with E-state index in [1.165, 1.54) is 50.9 Å². The second-order valence-corrected chi connectivity index (χ2v) is 23.8. The number of rotatable bonds is 22. The summed E-state index contributed by atoms with van der Waals surface area (Å²) < 4.78 is 35.4. The van der Waals surface area contributed by atoms with Gasteiger partial charge in [0.25, 0.3) is 0 Å². The van der Waals surface area contributed by atoms with Gasteiger partial charge in [0.15, 0.2) is 6.73 Å². The number of nitrogens with zero attached hydrogens (tertiary/aromatic N) is 2. The third-order valence-corrected chi connectivity index (χ3v) is 16.5. The van der Waals surface area contributed by atoms with E-state index >= 15 is 0 Å². The number of carbonyl (C=O) groups excluding carboxylic acids is 7. The number of benzene rings is 6. The molecule has 21 nitrogen and oxygen atoms in total. The van der Waals surface area contributed by atoms with Crippen LogP contribution in [0.5, 0.6) is 17.2 Å². The fourth-order valence-corrected chi connectivity index (χ4v) is 9.93. The molecular formula is C66H81IInN3O18Si. The third kappa shape index (κ3) is 30.3. The predicted molar refractivity (Wildman–Crippen MR) is 352 cm³/mol. The number of hydrogen-bond donors (Lipinski definition) is 3. The first-order valence-electron chi connectivity index (χ1n) is 28.4. The van der Waals surface area contributed by atoms with Gasteiger partial charge < -0.3 is 48.7 Å². The van der Waals surface area contributed by atoms with Crippen LogP contribution in [-0.4, -0.2) is 135 Å². The average molecular weight is 1470 g/mol. The topological polar surface area (TPSA) is 277 Å². The first-order valence-corrected chi connectivity index (χ1v) is 47.5. The number of cyclic esters (lactones) is 1. The van der Waals surface area contributed by atoms with Gasteiger partial charge in [-0.3, -0.25) is 24.2 Å². The molecule has 482 valence electrons. The molecule has 0 spiro atoms.